The predicted molar refractivity (Wildman–Crippen MR) is 61.9 cm³/mol. The summed E-state index contributed by atoms with van der Waals surface area (Å²) in [5.41, 5.74) is 0.511. The zero-order valence-corrected chi connectivity index (χ0v) is 10.9. The van der Waals surface area contributed by atoms with Crippen LogP contribution in [0, 0.1) is 12.8 Å². The van der Waals surface area contributed by atoms with Gasteiger partial charge in [0, 0.05) is 7.11 Å². The minimum Gasteiger partial charge on any atom is -0.373 e. The number of rotatable bonds is 3. The van der Waals surface area contributed by atoms with Gasteiger partial charge in [0.25, 0.3) is 5.56 Å². The van der Waals surface area contributed by atoms with Crippen LogP contribution in [0.3, 0.4) is 0 Å². The maximum atomic E-state index is 11.5. The number of aromatic nitrogens is 2. The molecule has 5 heteroatoms. The van der Waals surface area contributed by atoms with E-state index in [1.54, 1.807) is 14.0 Å². The number of methoxy groups -OCH3 is 1. The van der Waals surface area contributed by atoms with Crippen LogP contribution in [0.4, 0.5) is 0 Å². The summed E-state index contributed by atoms with van der Waals surface area (Å²) in [5.74, 6) is 0.844. The summed E-state index contributed by atoms with van der Waals surface area (Å²) in [4.78, 5) is 18.5. The van der Waals surface area contributed by atoms with E-state index in [0.717, 1.165) is 0 Å². The Hall–Kier alpha value is -0.680. The Balaban J connectivity index is 3.21. The molecule has 0 saturated heterocycles. The van der Waals surface area contributed by atoms with Crippen LogP contribution in [0.1, 0.15) is 31.5 Å². The lowest BCUT2D eigenvalue weighted by molar-refractivity contribution is 0.0571. The van der Waals surface area contributed by atoms with Crippen molar-refractivity contribution in [3.05, 3.63) is 26.3 Å². The van der Waals surface area contributed by atoms with Gasteiger partial charge < -0.3 is 9.72 Å². The smallest absolute Gasteiger partial charge is 0.265 e. The van der Waals surface area contributed by atoms with E-state index in [-0.39, 0.29) is 17.6 Å². The van der Waals surface area contributed by atoms with E-state index in [2.05, 4.69) is 25.9 Å². The van der Waals surface area contributed by atoms with Crippen LogP contribution in [0.2, 0.25) is 0 Å². The zero-order chi connectivity index (χ0) is 11.6. The van der Waals surface area contributed by atoms with Crippen LogP contribution in [0.5, 0.6) is 0 Å². The van der Waals surface area contributed by atoms with Crippen molar-refractivity contribution in [1.29, 1.82) is 0 Å². The van der Waals surface area contributed by atoms with Crippen LogP contribution in [0.25, 0.3) is 0 Å². The molecule has 0 spiro atoms. The van der Waals surface area contributed by atoms with Crippen LogP contribution < -0.4 is 5.56 Å². The molecule has 1 N–H and O–H groups in total. The number of hydrogen-bond donors (Lipinski definition) is 1. The van der Waals surface area contributed by atoms with Crippen molar-refractivity contribution < 1.29 is 4.74 Å². The minimum atomic E-state index is -0.176. The van der Waals surface area contributed by atoms with Crippen LogP contribution in [-0.2, 0) is 4.74 Å². The summed E-state index contributed by atoms with van der Waals surface area (Å²) < 4.78 is 5.78. The first-order valence-corrected chi connectivity index (χ1v) is 5.55. The van der Waals surface area contributed by atoms with Crippen molar-refractivity contribution in [1.82, 2.24) is 9.97 Å². The Morgan fingerprint density at radius 3 is 2.47 bits per heavy atom. The number of halogens is 1. The van der Waals surface area contributed by atoms with Gasteiger partial charge in [-0.2, -0.15) is 0 Å². The van der Waals surface area contributed by atoms with Crippen LogP contribution >= 0.6 is 15.9 Å². The third-order valence-electron chi connectivity index (χ3n) is 2.18. The Labute approximate surface area is 97.2 Å². The largest absolute Gasteiger partial charge is 0.373 e. The molecule has 4 nitrogen and oxygen atoms in total. The minimum absolute atomic E-state index is 0.166. The second-order valence-electron chi connectivity index (χ2n) is 3.75. The summed E-state index contributed by atoms with van der Waals surface area (Å²) in [5, 5.41) is 0. The molecule has 1 heterocycles. The van der Waals surface area contributed by atoms with Gasteiger partial charge in [0.1, 0.15) is 16.4 Å². The molecule has 0 radical (unpaired) electrons. The number of H-pyrrole nitrogens is 1. The summed E-state index contributed by atoms with van der Waals surface area (Å²) >= 11 is 3.17. The summed E-state index contributed by atoms with van der Waals surface area (Å²) in [6.45, 7) is 5.83. The summed E-state index contributed by atoms with van der Waals surface area (Å²) in [6.07, 6.45) is -0.176. The second-order valence-corrected chi connectivity index (χ2v) is 4.54. The van der Waals surface area contributed by atoms with Gasteiger partial charge >= 0.3 is 0 Å². The molecule has 0 amide bonds. The molecule has 0 bridgehead atoms. The van der Waals surface area contributed by atoms with E-state index in [4.69, 9.17) is 4.74 Å². The molecule has 0 fully saturated rings. The molecule has 0 aliphatic carbocycles. The first kappa shape index (κ1) is 12.4. The van der Waals surface area contributed by atoms with Gasteiger partial charge in [0.15, 0.2) is 0 Å². The average Bonchev–Trinajstić information content (AvgIpc) is 2.14. The van der Waals surface area contributed by atoms with E-state index in [9.17, 15) is 4.79 Å². The average molecular weight is 275 g/mol. The topological polar surface area (TPSA) is 55.0 Å². The fourth-order valence-electron chi connectivity index (χ4n) is 1.43. The van der Waals surface area contributed by atoms with E-state index in [0.29, 0.717) is 16.0 Å². The SMILES string of the molecule is COC(c1nc(C)c(Br)c(=O)[nH]1)C(C)C. The van der Waals surface area contributed by atoms with E-state index in [1.807, 2.05) is 13.8 Å². The highest BCUT2D eigenvalue weighted by atomic mass is 79.9. The predicted octanol–water partition coefficient (Wildman–Crippen LogP) is 2.18. The molecule has 0 saturated carbocycles. The molecule has 0 aromatic carbocycles. The summed E-state index contributed by atoms with van der Waals surface area (Å²) in [6, 6.07) is 0. The molecule has 15 heavy (non-hydrogen) atoms. The Morgan fingerprint density at radius 2 is 2.07 bits per heavy atom. The van der Waals surface area contributed by atoms with Crippen molar-refractivity contribution in [3.8, 4) is 0 Å². The van der Waals surface area contributed by atoms with Crippen molar-refractivity contribution in [2.24, 2.45) is 5.92 Å². The third-order valence-corrected chi connectivity index (χ3v) is 3.11. The Morgan fingerprint density at radius 1 is 1.47 bits per heavy atom. The standard InChI is InChI=1S/C10H15BrN2O2/c1-5(2)8(15-4)9-12-6(3)7(11)10(14)13-9/h5,8H,1-4H3,(H,12,13,14). The molecule has 1 aromatic rings. The number of hydrogen-bond acceptors (Lipinski definition) is 3. The molecular weight excluding hydrogens is 260 g/mol. The van der Waals surface area contributed by atoms with E-state index >= 15 is 0 Å². The fourth-order valence-corrected chi connectivity index (χ4v) is 1.62. The number of aryl methyl sites for hydroxylation is 1. The quantitative estimate of drug-likeness (QED) is 0.919. The normalized spacial score (nSPS) is 13.2. The lowest BCUT2D eigenvalue weighted by Crippen LogP contribution is -2.20. The Bertz CT molecular complexity index is 401. The van der Waals surface area contributed by atoms with Crippen molar-refractivity contribution in [2.75, 3.05) is 7.11 Å². The molecule has 1 atom stereocenters. The lowest BCUT2D eigenvalue weighted by Gasteiger charge is -2.18. The highest BCUT2D eigenvalue weighted by Crippen LogP contribution is 2.22. The maximum Gasteiger partial charge on any atom is 0.265 e. The van der Waals surface area contributed by atoms with Crippen molar-refractivity contribution in [3.63, 3.8) is 0 Å². The monoisotopic (exact) mass is 274 g/mol. The molecule has 1 aromatic heterocycles. The van der Waals surface area contributed by atoms with Gasteiger partial charge in [-0.05, 0) is 28.8 Å². The molecule has 1 unspecified atom stereocenters. The van der Waals surface area contributed by atoms with Crippen LogP contribution in [-0.4, -0.2) is 17.1 Å². The van der Waals surface area contributed by atoms with Gasteiger partial charge in [0.2, 0.25) is 0 Å². The Kier molecular flexibility index (Phi) is 4.04. The molecular formula is C10H15BrN2O2. The second kappa shape index (κ2) is 4.90. The number of aromatic amines is 1. The molecule has 1 rings (SSSR count). The van der Waals surface area contributed by atoms with E-state index < -0.39 is 0 Å². The number of nitrogens with zero attached hydrogens (tertiary/aromatic N) is 1. The van der Waals surface area contributed by atoms with Crippen molar-refractivity contribution in [2.45, 2.75) is 26.9 Å². The highest BCUT2D eigenvalue weighted by Gasteiger charge is 2.18. The molecule has 0 aliphatic rings. The zero-order valence-electron chi connectivity index (χ0n) is 9.30. The fraction of sp³-hybridized carbons (Fsp3) is 0.600. The van der Waals surface area contributed by atoms with Gasteiger partial charge in [-0.25, -0.2) is 4.98 Å². The van der Waals surface area contributed by atoms with E-state index in [1.165, 1.54) is 0 Å². The van der Waals surface area contributed by atoms with Gasteiger partial charge in [0.05, 0.1) is 5.69 Å². The number of ether oxygens (including phenoxy) is 1. The first-order chi connectivity index (χ1) is 6.97. The van der Waals surface area contributed by atoms with Gasteiger partial charge in [-0.1, -0.05) is 13.8 Å². The first-order valence-electron chi connectivity index (χ1n) is 4.76. The van der Waals surface area contributed by atoms with Gasteiger partial charge in [-0.15, -0.1) is 0 Å². The van der Waals surface area contributed by atoms with Crippen LogP contribution in [0.15, 0.2) is 9.27 Å². The third kappa shape index (κ3) is 2.66. The molecule has 0 aliphatic heterocycles. The highest BCUT2D eigenvalue weighted by molar-refractivity contribution is 9.10. The number of nitrogens with one attached hydrogen (secondary N) is 1. The van der Waals surface area contributed by atoms with Gasteiger partial charge in [-0.3, -0.25) is 4.79 Å². The molecule has 84 valence electrons. The maximum absolute atomic E-state index is 11.5. The lowest BCUT2D eigenvalue weighted by atomic mass is 10.1. The van der Waals surface area contributed by atoms with Crippen molar-refractivity contribution >= 4 is 15.9 Å². The summed E-state index contributed by atoms with van der Waals surface area (Å²) in [7, 11) is 1.61.